The van der Waals surface area contributed by atoms with Crippen molar-refractivity contribution in [1.82, 2.24) is 4.98 Å². The lowest BCUT2D eigenvalue weighted by atomic mass is 9.82. The number of aromatic nitrogens is 1. The van der Waals surface area contributed by atoms with Crippen LogP contribution in [-0.4, -0.2) is 22.0 Å². The van der Waals surface area contributed by atoms with Crippen LogP contribution >= 0.6 is 11.6 Å². The van der Waals surface area contributed by atoms with E-state index in [0.717, 1.165) is 6.42 Å². The van der Waals surface area contributed by atoms with Crippen molar-refractivity contribution >= 4 is 17.4 Å². The number of ketones is 1. The molecule has 0 N–H and O–H groups in total. The van der Waals surface area contributed by atoms with Crippen LogP contribution in [0.4, 0.5) is 0 Å². The minimum absolute atomic E-state index is 0.0786. The predicted octanol–water partition coefficient (Wildman–Crippen LogP) is 3.51. The zero-order valence-corrected chi connectivity index (χ0v) is 11.9. The Labute approximate surface area is 113 Å². The van der Waals surface area contributed by atoms with Gasteiger partial charge in [0.25, 0.3) is 0 Å². The van der Waals surface area contributed by atoms with Gasteiger partial charge in [-0.05, 0) is 46.2 Å². The summed E-state index contributed by atoms with van der Waals surface area (Å²) in [7, 11) is 0. The van der Waals surface area contributed by atoms with E-state index >= 15 is 0 Å². The third-order valence-electron chi connectivity index (χ3n) is 3.40. The highest BCUT2D eigenvalue weighted by molar-refractivity contribution is 6.29. The minimum atomic E-state index is -0.448. The van der Waals surface area contributed by atoms with E-state index in [2.05, 4.69) is 4.98 Å². The van der Waals surface area contributed by atoms with Gasteiger partial charge in [0, 0.05) is 11.8 Å². The third kappa shape index (κ3) is 2.57. The van der Waals surface area contributed by atoms with Crippen LogP contribution in [0.2, 0.25) is 5.15 Å². The molecule has 2 heterocycles. The van der Waals surface area contributed by atoms with Crippen molar-refractivity contribution in [1.29, 1.82) is 0 Å². The van der Waals surface area contributed by atoms with Crippen LogP contribution in [0.5, 0.6) is 0 Å². The van der Waals surface area contributed by atoms with E-state index in [9.17, 15) is 4.79 Å². The first-order valence-corrected chi connectivity index (χ1v) is 6.45. The van der Waals surface area contributed by atoms with Gasteiger partial charge in [-0.2, -0.15) is 0 Å². The van der Waals surface area contributed by atoms with Gasteiger partial charge in [0.15, 0.2) is 5.78 Å². The molecule has 0 bridgehead atoms. The molecule has 0 spiro atoms. The quantitative estimate of drug-likeness (QED) is 0.608. The van der Waals surface area contributed by atoms with E-state index in [4.69, 9.17) is 16.3 Å². The second-order valence-electron chi connectivity index (χ2n) is 5.95. The maximum absolute atomic E-state index is 12.5. The van der Waals surface area contributed by atoms with E-state index in [-0.39, 0.29) is 17.3 Å². The number of carbonyl (C=O) groups is 1. The molecule has 1 aromatic rings. The van der Waals surface area contributed by atoms with Gasteiger partial charge >= 0.3 is 0 Å². The van der Waals surface area contributed by atoms with Crippen LogP contribution in [-0.2, 0) is 4.74 Å². The Morgan fingerprint density at radius 3 is 2.61 bits per heavy atom. The number of hydrogen-bond acceptors (Lipinski definition) is 3. The molecule has 0 aliphatic carbocycles. The number of ether oxygens (including phenoxy) is 1. The summed E-state index contributed by atoms with van der Waals surface area (Å²) >= 11 is 5.83. The summed E-state index contributed by atoms with van der Waals surface area (Å²) in [6, 6.07) is 3.32. The molecular weight excluding hydrogens is 250 g/mol. The first kappa shape index (κ1) is 13.5. The average Bonchev–Trinajstić information content (AvgIpc) is 2.45. The monoisotopic (exact) mass is 267 g/mol. The largest absolute Gasteiger partial charge is 0.369 e. The Morgan fingerprint density at radius 1 is 1.44 bits per heavy atom. The van der Waals surface area contributed by atoms with E-state index in [0.29, 0.717) is 10.7 Å². The maximum Gasteiger partial charge on any atom is 0.169 e. The number of halogens is 1. The lowest BCUT2D eigenvalue weighted by Crippen LogP contribution is -2.33. The Kier molecular flexibility index (Phi) is 3.24. The summed E-state index contributed by atoms with van der Waals surface area (Å²) in [4.78, 5) is 16.4. The molecule has 1 aliphatic heterocycles. The van der Waals surface area contributed by atoms with Crippen LogP contribution in [0.25, 0.3) is 0 Å². The van der Waals surface area contributed by atoms with E-state index in [1.54, 1.807) is 18.3 Å². The van der Waals surface area contributed by atoms with Crippen molar-refractivity contribution < 1.29 is 9.53 Å². The molecule has 1 aromatic heterocycles. The Hall–Kier alpha value is -0.930. The second-order valence-corrected chi connectivity index (χ2v) is 6.34. The second kappa shape index (κ2) is 4.32. The molecule has 0 saturated carbocycles. The summed E-state index contributed by atoms with van der Waals surface area (Å²) in [5.41, 5.74) is -0.105. The van der Waals surface area contributed by atoms with Crippen molar-refractivity contribution in [2.24, 2.45) is 5.92 Å². The van der Waals surface area contributed by atoms with Crippen molar-refractivity contribution in [3.63, 3.8) is 0 Å². The minimum Gasteiger partial charge on any atom is -0.369 e. The molecule has 1 unspecified atom stereocenters. The highest BCUT2D eigenvalue weighted by Crippen LogP contribution is 2.43. The highest BCUT2D eigenvalue weighted by atomic mass is 35.5. The molecule has 0 aromatic carbocycles. The standard InChI is InChI=1S/C14H18ClNO2/c1-13(2)8-10(14(3,4)18-13)12(17)9-5-6-16-11(15)7-9/h5-7,10H,8H2,1-4H3. The molecule has 98 valence electrons. The third-order valence-corrected chi connectivity index (χ3v) is 3.61. The maximum atomic E-state index is 12.5. The lowest BCUT2D eigenvalue weighted by Gasteiger charge is -2.26. The van der Waals surface area contributed by atoms with Gasteiger partial charge in [0.05, 0.1) is 17.1 Å². The molecule has 1 saturated heterocycles. The van der Waals surface area contributed by atoms with Crippen molar-refractivity contribution in [2.75, 3.05) is 0 Å². The zero-order chi connectivity index (χ0) is 13.6. The SMILES string of the molecule is CC1(C)CC(C(=O)c2ccnc(Cl)c2)C(C)(C)O1. The van der Waals surface area contributed by atoms with Gasteiger partial charge in [-0.15, -0.1) is 0 Å². The van der Waals surface area contributed by atoms with E-state index < -0.39 is 5.60 Å². The fourth-order valence-electron chi connectivity index (χ4n) is 2.73. The Bertz CT molecular complexity index is 482. The molecule has 1 fully saturated rings. The van der Waals surface area contributed by atoms with Gasteiger partial charge in [0.1, 0.15) is 5.15 Å². The average molecular weight is 268 g/mol. The summed E-state index contributed by atoms with van der Waals surface area (Å²) in [6.07, 6.45) is 2.28. The van der Waals surface area contributed by atoms with Gasteiger partial charge < -0.3 is 4.74 Å². The van der Waals surface area contributed by atoms with Crippen LogP contribution in [0.3, 0.4) is 0 Å². The molecular formula is C14H18ClNO2. The van der Waals surface area contributed by atoms with Crippen LogP contribution in [0.15, 0.2) is 18.3 Å². The van der Waals surface area contributed by atoms with E-state index in [1.807, 2.05) is 27.7 Å². The predicted molar refractivity (Wildman–Crippen MR) is 70.9 cm³/mol. The topological polar surface area (TPSA) is 39.2 Å². The van der Waals surface area contributed by atoms with Crippen molar-refractivity contribution in [3.05, 3.63) is 29.0 Å². The van der Waals surface area contributed by atoms with Gasteiger partial charge in [-0.1, -0.05) is 11.6 Å². The smallest absolute Gasteiger partial charge is 0.169 e. The lowest BCUT2D eigenvalue weighted by molar-refractivity contribution is -0.0712. The van der Waals surface area contributed by atoms with Crippen LogP contribution in [0, 0.1) is 5.92 Å². The molecule has 1 atom stereocenters. The molecule has 2 rings (SSSR count). The summed E-state index contributed by atoms with van der Waals surface area (Å²) < 4.78 is 5.95. The first-order chi connectivity index (χ1) is 8.21. The summed E-state index contributed by atoms with van der Waals surface area (Å²) in [5, 5.41) is 0.344. The van der Waals surface area contributed by atoms with Crippen LogP contribution in [0.1, 0.15) is 44.5 Å². The fraction of sp³-hybridized carbons (Fsp3) is 0.571. The first-order valence-electron chi connectivity index (χ1n) is 6.07. The normalized spacial score (nSPS) is 25.1. The van der Waals surface area contributed by atoms with Gasteiger partial charge in [-0.3, -0.25) is 4.79 Å². The summed E-state index contributed by atoms with van der Waals surface area (Å²) in [6.45, 7) is 7.96. The zero-order valence-electron chi connectivity index (χ0n) is 11.2. The molecule has 0 amide bonds. The molecule has 4 heteroatoms. The number of hydrogen-bond donors (Lipinski definition) is 0. The van der Waals surface area contributed by atoms with Gasteiger partial charge in [-0.25, -0.2) is 4.98 Å². The van der Waals surface area contributed by atoms with Crippen LogP contribution < -0.4 is 0 Å². The Morgan fingerprint density at radius 2 is 2.11 bits per heavy atom. The number of Topliss-reactive ketones (excluding diaryl/α,β-unsaturated/α-hetero) is 1. The number of carbonyl (C=O) groups excluding carboxylic acids is 1. The molecule has 0 radical (unpaired) electrons. The molecule has 18 heavy (non-hydrogen) atoms. The Balaban J connectivity index is 2.30. The summed E-state index contributed by atoms with van der Waals surface area (Å²) in [5.74, 6) is -0.0687. The van der Waals surface area contributed by atoms with Crippen molar-refractivity contribution in [3.8, 4) is 0 Å². The van der Waals surface area contributed by atoms with Gasteiger partial charge in [0.2, 0.25) is 0 Å². The molecule has 3 nitrogen and oxygen atoms in total. The number of rotatable bonds is 2. The van der Waals surface area contributed by atoms with Crippen molar-refractivity contribution in [2.45, 2.75) is 45.3 Å². The highest BCUT2D eigenvalue weighted by Gasteiger charge is 2.49. The molecule has 1 aliphatic rings. The number of nitrogens with zero attached hydrogens (tertiary/aromatic N) is 1. The van der Waals surface area contributed by atoms with E-state index in [1.165, 1.54) is 0 Å². The number of pyridine rings is 1. The fourth-order valence-corrected chi connectivity index (χ4v) is 2.90.